The van der Waals surface area contributed by atoms with Crippen LogP contribution < -0.4 is 4.90 Å². The van der Waals surface area contributed by atoms with Gasteiger partial charge in [-0.3, -0.25) is 4.90 Å². The van der Waals surface area contributed by atoms with Crippen LogP contribution in [0.25, 0.3) is 65.9 Å². The largest absolute Gasteiger partial charge is 0.438 e. The van der Waals surface area contributed by atoms with Gasteiger partial charge >= 0.3 is 0 Å². The molecule has 0 bridgehead atoms. The lowest BCUT2D eigenvalue weighted by molar-refractivity contribution is 0.655. The van der Waals surface area contributed by atoms with E-state index in [1.54, 1.807) is 0 Å². The minimum Gasteiger partial charge on any atom is -0.438 e. The van der Waals surface area contributed by atoms with Crippen molar-refractivity contribution in [3.05, 3.63) is 170 Å². The molecule has 0 radical (unpaired) electrons. The van der Waals surface area contributed by atoms with E-state index >= 15 is 0 Å². The van der Waals surface area contributed by atoms with Crippen molar-refractivity contribution >= 4 is 60.8 Å². The lowest BCUT2D eigenvalue weighted by Gasteiger charge is -2.27. The van der Waals surface area contributed by atoms with E-state index in [-0.39, 0.29) is 0 Å². The average Bonchev–Trinajstić information content (AvgIpc) is 3.48. The van der Waals surface area contributed by atoms with E-state index in [9.17, 15) is 0 Å². The Morgan fingerprint density at radius 1 is 0.435 bits per heavy atom. The Kier molecular flexibility index (Phi) is 6.14. The molecule has 0 aliphatic heterocycles. The predicted octanol–water partition coefficient (Wildman–Crippen LogP) is 12.1. The summed E-state index contributed by atoms with van der Waals surface area (Å²) in [7, 11) is 0. The van der Waals surface area contributed by atoms with Gasteiger partial charge in [-0.25, -0.2) is 0 Å². The first kappa shape index (κ1) is 26.2. The Labute approximate surface area is 266 Å². The topological polar surface area (TPSA) is 29.3 Å². The molecule has 9 aromatic rings. The van der Waals surface area contributed by atoms with Gasteiger partial charge in [-0.15, -0.1) is 0 Å². The van der Waals surface area contributed by atoms with Gasteiger partial charge in [-0.1, -0.05) is 121 Å². The second-order valence-corrected chi connectivity index (χ2v) is 11.6. The van der Waals surface area contributed by atoms with E-state index in [1.165, 1.54) is 27.3 Å². The molecule has 0 atom stereocenters. The van der Waals surface area contributed by atoms with Crippen molar-refractivity contribution in [3.63, 3.8) is 0 Å². The fourth-order valence-corrected chi connectivity index (χ4v) is 6.55. The molecule has 7 aromatic carbocycles. The fraction of sp³-hybridized carbons (Fsp3) is 0. The maximum absolute atomic E-state index is 6.43. The van der Waals surface area contributed by atoms with Crippen LogP contribution in [0.5, 0.6) is 0 Å². The Hall–Kier alpha value is -6.19. The number of benzene rings is 7. The lowest BCUT2D eigenvalue weighted by atomic mass is 9.98. The van der Waals surface area contributed by atoms with Crippen LogP contribution in [0.4, 0.5) is 17.2 Å². The Balaban J connectivity index is 1.23. The van der Waals surface area contributed by atoms with Crippen LogP contribution in [-0.2, 0) is 0 Å². The van der Waals surface area contributed by atoms with E-state index in [0.717, 1.165) is 50.1 Å². The molecule has 2 heterocycles. The molecule has 2 aromatic heterocycles. The number of nitrogens with zero attached hydrogens (tertiary/aromatic N) is 2. The summed E-state index contributed by atoms with van der Waals surface area (Å²) in [5.74, 6) is 0.789. The zero-order chi connectivity index (χ0) is 30.5. The molecule has 3 nitrogen and oxygen atoms in total. The molecule has 0 unspecified atom stereocenters. The Bertz CT molecular complexity index is 2530. The summed E-state index contributed by atoms with van der Waals surface area (Å²) >= 11 is 0. The number of pyridine rings is 1. The first-order chi connectivity index (χ1) is 22.8. The number of aromatic nitrogens is 1. The third-order valence-electron chi connectivity index (χ3n) is 8.86. The number of rotatable bonds is 5. The first-order valence-corrected chi connectivity index (χ1v) is 15.5. The van der Waals surface area contributed by atoms with Gasteiger partial charge in [-0.2, -0.15) is 4.98 Å². The van der Waals surface area contributed by atoms with Gasteiger partial charge in [0.15, 0.2) is 0 Å². The number of hydrogen-bond acceptors (Lipinski definition) is 3. The number of furan rings is 1. The van der Waals surface area contributed by atoms with Crippen molar-refractivity contribution in [2.24, 2.45) is 0 Å². The van der Waals surface area contributed by atoms with Crippen LogP contribution in [0, 0.1) is 0 Å². The van der Waals surface area contributed by atoms with Crippen LogP contribution in [0.2, 0.25) is 0 Å². The number of hydrogen-bond donors (Lipinski definition) is 0. The standard InChI is InChI=1S/C43H28N2O/c1-2-10-29(11-3-1)31-20-22-36(23-21-31)45(40-17-9-8-16-37(40)35-19-18-30-12-4-5-13-32(30)26-35)42-25-24-38-39-27-33-14-6-7-15-34(33)28-41(39)46-43(38)44-42/h1-28H. The summed E-state index contributed by atoms with van der Waals surface area (Å²) in [5.41, 5.74) is 8.15. The third kappa shape index (κ3) is 4.49. The third-order valence-corrected chi connectivity index (χ3v) is 8.86. The molecule has 0 saturated heterocycles. The van der Waals surface area contributed by atoms with Gasteiger partial charge in [0.25, 0.3) is 0 Å². The van der Waals surface area contributed by atoms with Crippen LogP contribution in [0.1, 0.15) is 0 Å². The molecule has 0 aliphatic rings. The molecule has 0 saturated carbocycles. The molecule has 0 aliphatic carbocycles. The van der Waals surface area contributed by atoms with Gasteiger partial charge in [0.05, 0.1) is 5.69 Å². The van der Waals surface area contributed by atoms with Crippen LogP contribution >= 0.6 is 0 Å². The van der Waals surface area contributed by atoms with E-state index < -0.39 is 0 Å². The normalized spacial score (nSPS) is 11.5. The number of anilines is 3. The lowest BCUT2D eigenvalue weighted by Crippen LogP contribution is -2.12. The molecule has 216 valence electrons. The van der Waals surface area contributed by atoms with Crippen molar-refractivity contribution < 1.29 is 4.42 Å². The SMILES string of the molecule is c1ccc(-c2ccc(N(c3ccc4c(n3)oc3cc5ccccc5cc34)c3ccccc3-c3ccc4ccccc4c3)cc2)cc1. The maximum atomic E-state index is 6.43. The van der Waals surface area contributed by atoms with Gasteiger partial charge in [0, 0.05) is 22.0 Å². The van der Waals surface area contributed by atoms with E-state index in [1.807, 2.05) is 6.07 Å². The van der Waals surface area contributed by atoms with E-state index in [0.29, 0.717) is 5.71 Å². The Morgan fingerprint density at radius 2 is 1.07 bits per heavy atom. The van der Waals surface area contributed by atoms with Gasteiger partial charge < -0.3 is 4.42 Å². The highest BCUT2D eigenvalue weighted by Crippen LogP contribution is 2.42. The predicted molar refractivity (Wildman–Crippen MR) is 192 cm³/mol. The van der Waals surface area contributed by atoms with E-state index in [2.05, 4.69) is 169 Å². The fourth-order valence-electron chi connectivity index (χ4n) is 6.55. The average molecular weight is 589 g/mol. The summed E-state index contributed by atoms with van der Waals surface area (Å²) in [6, 6.07) is 59.9. The highest BCUT2D eigenvalue weighted by atomic mass is 16.3. The second-order valence-electron chi connectivity index (χ2n) is 11.6. The Morgan fingerprint density at radius 3 is 1.87 bits per heavy atom. The highest BCUT2D eigenvalue weighted by molar-refractivity contribution is 6.09. The zero-order valence-corrected chi connectivity index (χ0v) is 25.0. The molecule has 0 amide bonds. The number of para-hydroxylation sites is 1. The van der Waals surface area contributed by atoms with Crippen molar-refractivity contribution in [3.8, 4) is 22.3 Å². The van der Waals surface area contributed by atoms with Crippen molar-refractivity contribution in [1.29, 1.82) is 0 Å². The summed E-state index contributed by atoms with van der Waals surface area (Å²) < 4.78 is 6.43. The van der Waals surface area contributed by atoms with Crippen LogP contribution in [0.15, 0.2) is 174 Å². The molecular weight excluding hydrogens is 560 g/mol. The summed E-state index contributed by atoms with van der Waals surface area (Å²) in [6.45, 7) is 0. The molecule has 46 heavy (non-hydrogen) atoms. The summed E-state index contributed by atoms with van der Waals surface area (Å²) in [5, 5.41) is 6.85. The molecular formula is C43H28N2O. The first-order valence-electron chi connectivity index (χ1n) is 15.5. The van der Waals surface area contributed by atoms with Gasteiger partial charge in [0.1, 0.15) is 11.4 Å². The van der Waals surface area contributed by atoms with Crippen molar-refractivity contribution in [2.45, 2.75) is 0 Å². The molecule has 9 rings (SSSR count). The number of fused-ring (bicyclic) bond motifs is 5. The quantitative estimate of drug-likeness (QED) is 0.200. The monoisotopic (exact) mass is 588 g/mol. The van der Waals surface area contributed by atoms with Gasteiger partial charge in [-0.05, 0) is 86.8 Å². The minimum atomic E-state index is 0.622. The highest BCUT2D eigenvalue weighted by Gasteiger charge is 2.20. The zero-order valence-electron chi connectivity index (χ0n) is 25.0. The van der Waals surface area contributed by atoms with Gasteiger partial charge in [0.2, 0.25) is 5.71 Å². The molecule has 3 heteroatoms. The summed E-state index contributed by atoms with van der Waals surface area (Å²) in [6.07, 6.45) is 0. The van der Waals surface area contributed by atoms with E-state index in [4.69, 9.17) is 9.40 Å². The minimum absolute atomic E-state index is 0.622. The second kappa shape index (κ2) is 10.8. The molecule has 0 N–H and O–H groups in total. The summed E-state index contributed by atoms with van der Waals surface area (Å²) in [4.78, 5) is 7.42. The molecule has 0 spiro atoms. The van der Waals surface area contributed by atoms with Crippen LogP contribution in [0.3, 0.4) is 0 Å². The van der Waals surface area contributed by atoms with Crippen molar-refractivity contribution in [1.82, 2.24) is 4.98 Å². The smallest absolute Gasteiger partial charge is 0.229 e. The van der Waals surface area contributed by atoms with Crippen LogP contribution in [-0.4, -0.2) is 4.98 Å². The molecule has 0 fully saturated rings. The maximum Gasteiger partial charge on any atom is 0.229 e. The van der Waals surface area contributed by atoms with Crippen molar-refractivity contribution in [2.75, 3.05) is 4.90 Å².